The van der Waals surface area contributed by atoms with Gasteiger partial charge < -0.3 is 15.4 Å². The van der Waals surface area contributed by atoms with Gasteiger partial charge in [0.1, 0.15) is 0 Å². The molecule has 1 aromatic heterocycles. The van der Waals surface area contributed by atoms with E-state index >= 15 is 0 Å². The fourth-order valence-corrected chi connectivity index (χ4v) is 3.73. The summed E-state index contributed by atoms with van der Waals surface area (Å²) in [5, 5.41) is 14.5. The lowest BCUT2D eigenvalue weighted by Crippen LogP contribution is -2.41. The summed E-state index contributed by atoms with van der Waals surface area (Å²) in [7, 11) is 0. The standard InChI is InChI=1S/C18H28N2OS/c1-13(2)11-22-12-14(3)20-16(10-21)8-15-9-19-18-7-5-4-6-17(15)18/h4-7,9,13-14,16,19-21H,8,10-12H2,1-3H3/t14-,16-/m1/s1. The van der Waals surface area contributed by atoms with Crippen LogP contribution in [0, 0.1) is 5.92 Å². The lowest BCUT2D eigenvalue weighted by atomic mass is 10.0. The van der Waals surface area contributed by atoms with E-state index in [-0.39, 0.29) is 12.6 Å². The van der Waals surface area contributed by atoms with Crippen molar-refractivity contribution in [3.05, 3.63) is 36.0 Å². The average molecular weight is 321 g/mol. The second-order valence-electron chi connectivity index (χ2n) is 6.44. The summed E-state index contributed by atoms with van der Waals surface area (Å²) in [6.45, 7) is 6.86. The summed E-state index contributed by atoms with van der Waals surface area (Å²) in [5.41, 5.74) is 2.43. The van der Waals surface area contributed by atoms with Crippen LogP contribution in [0.25, 0.3) is 10.9 Å². The smallest absolute Gasteiger partial charge is 0.0587 e. The van der Waals surface area contributed by atoms with Crippen molar-refractivity contribution in [3.8, 4) is 0 Å². The Labute approximate surface area is 137 Å². The van der Waals surface area contributed by atoms with E-state index in [1.165, 1.54) is 16.7 Å². The number of aliphatic hydroxyl groups excluding tert-OH is 1. The highest BCUT2D eigenvalue weighted by Gasteiger charge is 2.14. The van der Waals surface area contributed by atoms with Crippen LogP contribution in [0.5, 0.6) is 0 Å². The molecule has 122 valence electrons. The van der Waals surface area contributed by atoms with E-state index in [4.69, 9.17) is 0 Å². The van der Waals surface area contributed by atoms with Crippen LogP contribution in [0.2, 0.25) is 0 Å². The third-order valence-electron chi connectivity index (χ3n) is 3.70. The second-order valence-corrected chi connectivity index (χ2v) is 7.52. The van der Waals surface area contributed by atoms with E-state index in [0.29, 0.717) is 6.04 Å². The first-order valence-corrected chi connectivity index (χ1v) is 9.25. The number of fused-ring (bicyclic) bond motifs is 1. The number of aliphatic hydroxyl groups is 1. The van der Waals surface area contributed by atoms with Gasteiger partial charge in [0.05, 0.1) is 6.61 Å². The van der Waals surface area contributed by atoms with Crippen molar-refractivity contribution < 1.29 is 5.11 Å². The van der Waals surface area contributed by atoms with Gasteiger partial charge in [0, 0.05) is 34.9 Å². The van der Waals surface area contributed by atoms with Crippen LogP contribution in [0.15, 0.2) is 30.5 Å². The lowest BCUT2D eigenvalue weighted by molar-refractivity contribution is 0.235. The minimum absolute atomic E-state index is 0.105. The van der Waals surface area contributed by atoms with Crippen LogP contribution in [-0.2, 0) is 6.42 Å². The Balaban J connectivity index is 1.89. The molecule has 4 heteroatoms. The molecule has 0 aliphatic heterocycles. The number of hydrogen-bond donors (Lipinski definition) is 3. The fourth-order valence-electron chi connectivity index (χ4n) is 2.67. The van der Waals surface area contributed by atoms with Gasteiger partial charge in [-0.15, -0.1) is 0 Å². The molecular formula is C18H28N2OS. The first-order chi connectivity index (χ1) is 10.6. The monoisotopic (exact) mass is 320 g/mol. The highest BCUT2D eigenvalue weighted by Crippen LogP contribution is 2.19. The van der Waals surface area contributed by atoms with Gasteiger partial charge in [-0.2, -0.15) is 11.8 Å². The van der Waals surface area contributed by atoms with Gasteiger partial charge in [-0.25, -0.2) is 0 Å². The molecule has 0 aliphatic carbocycles. The first kappa shape index (κ1) is 17.4. The second kappa shape index (κ2) is 8.61. The predicted molar refractivity (Wildman–Crippen MR) is 97.6 cm³/mol. The van der Waals surface area contributed by atoms with Gasteiger partial charge in [0.15, 0.2) is 0 Å². The molecule has 1 heterocycles. The molecular weight excluding hydrogens is 292 g/mol. The van der Waals surface area contributed by atoms with E-state index in [1.54, 1.807) is 0 Å². The number of H-pyrrole nitrogens is 1. The van der Waals surface area contributed by atoms with Crippen molar-refractivity contribution in [3.63, 3.8) is 0 Å². The molecule has 0 unspecified atom stereocenters. The van der Waals surface area contributed by atoms with Gasteiger partial charge in [0.2, 0.25) is 0 Å². The topological polar surface area (TPSA) is 48.0 Å². The molecule has 0 saturated heterocycles. The van der Waals surface area contributed by atoms with E-state index in [0.717, 1.165) is 23.6 Å². The molecule has 0 bridgehead atoms. The molecule has 0 aliphatic rings. The summed E-state index contributed by atoms with van der Waals surface area (Å²) in [6.07, 6.45) is 2.91. The Bertz CT molecular complexity index is 567. The van der Waals surface area contributed by atoms with Crippen molar-refractivity contribution in [1.82, 2.24) is 10.3 Å². The van der Waals surface area contributed by atoms with Gasteiger partial charge in [-0.05, 0) is 36.6 Å². The minimum Gasteiger partial charge on any atom is -0.395 e. The van der Waals surface area contributed by atoms with Crippen LogP contribution in [0.1, 0.15) is 26.3 Å². The third-order valence-corrected chi connectivity index (χ3v) is 5.34. The molecule has 2 rings (SSSR count). The molecule has 2 atom stereocenters. The van der Waals surface area contributed by atoms with Crippen molar-refractivity contribution in [2.24, 2.45) is 5.92 Å². The summed E-state index contributed by atoms with van der Waals surface area (Å²) in [4.78, 5) is 3.30. The zero-order chi connectivity index (χ0) is 15.9. The molecule has 2 aromatic rings. The Morgan fingerprint density at radius 1 is 1.18 bits per heavy atom. The van der Waals surface area contributed by atoms with E-state index in [2.05, 4.69) is 55.5 Å². The maximum atomic E-state index is 9.68. The SMILES string of the molecule is CC(C)CSC[C@@H](C)N[C@@H](CO)Cc1c[nH]c2ccccc12. The molecule has 0 saturated carbocycles. The van der Waals surface area contributed by atoms with Gasteiger partial charge >= 0.3 is 0 Å². The summed E-state index contributed by atoms with van der Waals surface area (Å²) >= 11 is 1.98. The number of rotatable bonds is 9. The first-order valence-electron chi connectivity index (χ1n) is 8.09. The summed E-state index contributed by atoms with van der Waals surface area (Å²) in [6, 6.07) is 8.84. The largest absolute Gasteiger partial charge is 0.395 e. The van der Waals surface area contributed by atoms with E-state index in [9.17, 15) is 5.11 Å². The number of benzene rings is 1. The highest BCUT2D eigenvalue weighted by molar-refractivity contribution is 7.99. The quantitative estimate of drug-likeness (QED) is 0.663. The number of aromatic nitrogens is 1. The molecule has 0 radical (unpaired) electrons. The molecule has 1 aromatic carbocycles. The van der Waals surface area contributed by atoms with Crippen LogP contribution in [0.3, 0.4) is 0 Å². The number of hydrogen-bond acceptors (Lipinski definition) is 3. The fraction of sp³-hybridized carbons (Fsp3) is 0.556. The Morgan fingerprint density at radius 3 is 2.68 bits per heavy atom. The summed E-state index contributed by atoms with van der Waals surface area (Å²) in [5.74, 6) is 3.01. The number of aromatic amines is 1. The number of thioether (sulfide) groups is 1. The molecule has 3 nitrogen and oxygen atoms in total. The predicted octanol–water partition coefficient (Wildman–Crippen LogP) is 3.44. The van der Waals surface area contributed by atoms with E-state index < -0.39 is 0 Å². The van der Waals surface area contributed by atoms with Crippen molar-refractivity contribution >= 4 is 22.7 Å². The molecule has 0 fully saturated rings. The average Bonchev–Trinajstić information content (AvgIpc) is 2.89. The van der Waals surface area contributed by atoms with Crippen LogP contribution in [-0.4, -0.2) is 40.3 Å². The highest BCUT2D eigenvalue weighted by atomic mass is 32.2. The third kappa shape index (κ3) is 5.04. The molecule has 3 N–H and O–H groups in total. The van der Waals surface area contributed by atoms with Crippen molar-refractivity contribution in [1.29, 1.82) is 0 Å². The maximum Gasteiger partial charge on any atom is 0.0587 e. The van der Waals surface area contributed by atoms with Crippen LogP contribution < -0.4 is 5.32 Å². The number of para-hydroxylation sites is 1. The summed E-state index contributed by atoms with van der Waals surface area (Å²) < 4.78 is 0. The minimum atomic E-state index is 0.105. The number of nitrogens with one attached hydrogen (secondary N) is 2. The van der Waals surface area contributed by atoms with Crippen molar-refractivity contribution in [2.45, 2.75) is 39.3 Å². The zero-order valence-electron chi connectivity index (χ0n) is 13.8. The van der Waals surface area contributed by atoms with Gasteiger partial charge in [-0.1, -0.05) is 32.0 Å². The maximum absolute atomic E-state index is 9.68. The zero-order valence-corrected chi connectivity index (χ0v) is 14.6. The van der Waals surface area contributed by atoms with Gasteiger partial charge in [-0.3, -0.25) is 0 Å². The molecule has 0 spiro atoms. The molecule has 22 heavy (non-hydrogen) atoms. The normalized spacial score (nSPS) is 14.6. The van der Waals surface area contributed by atoms with Gasteiger partial charge in [0.25, 0.3) is 0 Å². The Hall–Kier alpha value is -0.970. The van der Waals surface area contributed by atoms with Crippen LogP contribution in [0.4, 0.5) is 0 Å². The van der Waals surface area contributed by atoms with Crippen LogP contribution >= 0.6 is 11.8 Å². The molecule has 0 amide bonds. The Morgan fingerprint density at radius 2 is 1.95 bits per heavy atom. The van der Waals surface area contributed by atoms with E-state index in [1.807, 2.05) is 17.8 Å². The lowest BCUT2D eigenvalue weighted by Gasteiger charge is -2.21. The Kier molecular flexibility index (Phi) is 6.80. The van der Waals surface area contributed by atoms with Crippen molar-refractivity contribution in [2.75, 3.05) is 18.1 Å².